The van der Waals surface area contributed by atoms with Gasteiger partial charge < -0.3 is 15.7 Å². The molecule has 1 aromatic heterocycles. The molecule has 1 rings (SSSR count). The van der Waals surface area contributed by atoms with Gasteiger partial charge in [-0.1, -0.05) is 13.3 Å². The summed E-state index contributed by atoms with van der Waals surface area (Å²) in [4.78, 5) is 26.0. The lowest BCUT2D eigenvalue weighted by Gasteiger charge is -2.13. The smallest absolute Gasteiger partial charge is 0.315 e. The average molecular weight is 269 g/mol. The number of urea groups is 1. The van der Waals surface area contributed by atoms with Crippen LogP contribution in [0, 0.1) is 5.92 Å². The molecule has 0 fully saturated rings. The van der Waals surface area contributed by atoms with Crippen LogP contribution in [0.3, 0.4) is 0 Å². The molecule has 0 aliphatic heterocycles. The molecule has 0 saturated heterocycles. The van der Waals surface area contributed by atoms with Crippen molar-refractivity contribution < 1.29 is 14.7 Å². The molecular formula is C11H19N5O3. The molecule has 1 heterocycles. The third-order valence-electron chi connectivity index (χ3n) is 2.65. The maximum atomic E-state index is 11.5. The van der Waals surface area contributed by atoms with Crippen LogP contribution in [-0.2, 0) is 18.4 Å². The Morgan fingerprint density at radius 1 is 1.47 bits per heavy atom. The Balaban J connectivity index is 2.25. The summed E-state index contributed by atoms with van der Waals surface area (Å²) in [5.41, 5.74) is 0. The van der Waals surface area contributed by atoms with Crippen molar-refractivity contribution in [1.29, 1.82) is 0 Å². The second-order valence-electron chi connectivity index (χ2n) is 4.27. The van der Waals surface area contributed by atoms with E-state index in [1.807, 2.05) is 6.92 Å². The predicted octanol–water partition coefficient (Wildman–Crippen LogP) is 0.115. The largest absolute Gasteiger partial charge is 0.481 e. The average Bonchev–Trinajstić information content (AvgIpc) is 2.77. The van der Waals surface area contributed by atoms with Crippen molar-refractivity contribution in [2.75, 3.05) is 6.54 Å². The summed E-state index contributed by atoms with van der Waals surface area (Å²) in [5.74, 6) is -0.391. The Hall–Kier alpha value is -2.12. The summed E-state index contributed by atoms with van der Waals surface area (Å²) in [7, 11) is 1.74. The molecule has 1 aromatic rings. The molecule has 0 spiro atoms. The van der Waals surface area contributed by atoms with E-state index in [4.69, 9.17) is 5.11 Å². The summed E-state index contributed by atoms with van der Waals surface area (Å²) in [6.45, 7) is 2.47. The molecule has 0 aliphatic rings. The van der Waals surface area contributed by atoms with E-state index in [-0.39, 0.29) is 24.9 Å². The second kappa shape index (κ2) is 7.34. The molecule has 106 valence electrons. The van der Waals surface area contributed by atoms with E-state index in [9.17, 15) is 9.59 Å². The highest BCUT2D eigenvalue weighted by molar-refractivity contribution is 5.73. The topological polar surface area (TPSA) is 109 Å². The van der Waals surface area contributed by atoms with Crippen molar-refractivity contribution in [3.8, 4) is 0 Å². The molecule has 19 heavy (non-hydrogen) atoms. The standard InChI is InChI=1S/C11H19N5O3/c1-3-8(4-10(17)18)5-12-11(19)13-6-9-14-7-16(2)15-9/h7-8H,3-6H2,1-2H3,(H,17,18)(H2,12,13,19). The quantitative estimate of drug-likeness (QED) is 0.651. The van der Waals surface area contributed by atoms with Gasteiger partial charge in [0, 0.05) is 20.0 Å². The molecule has 3 N–H and O–H groups in total. The van der Waals surface area contributed by atoms with E-state index in [0.717, 1.165) is 0 Å². The molecule has 8 heteroatoms. The van der Waals surface area contributed by atoms with Gasteiger partial charge in [0.05, 0.1) is 6.54 Å². The molecule has 0 radical (unpaired) electrons. The zero-order chi connectivity index (χ0) is 14.3. The molecule has 8 nitrogen and oxygen atoms in total. The fourth-order valence-corrected chi connectivity index (χ4v) is 1.53. The highest BCUT2D eigenvalue weighted by Crippen LogP contribution is 2.06. The third kappa shape index (κ3) is 5.84. The number of carbonyl (C=O) groups is 2. The van der Waals surface area contributed by atoms with Crippen LogP contribution < -0.4 is 10.6 Å². The Bertz CT molecular complexity index is 432. The maximum absolute atomic E-state index is 11.5. The van der Waals surface area contributed by atoms with Crippen molar-refractivity contribution in [3.05, 3.63) is 12.2 Å². The monoisotopic (exact) mass is 269 g/mol. The highest BCUT2D eigenvalue weighted by atomic mass is 16.4. The van der Waals surface area contributed by atoms with E-state index >= 15 is 0 Å². The van der Waals surface area contributed by atoms with Crippen molar-refractivity contribution in [2.45, 2.75) is 26.3 Å². The van der Waals surface area contributed by atoms with E-state index in [1.54, 1.807) is 18.1 Å². The number of rotatable bonds is 7. The van der Waals surface area contributed by atoms with Crippen LogP contribution in [0.5, 0.6) is 0 Å². The maximum Gasteiger partial charge on any atom is 0.315 e. The Morgan fingerprint density at radius 2 is 2.21 bits per heavy atom. The van der Waals surface area contributed by atoms with Crippen molar-refractivity contribution in [1.82, 2.24) is 25.4 Å². The van der Waals surface area contributed by atoms with Crippen LogP contribution in [0.4, 0.5) is 4.79 Å². The number of hydrogen-bond acceptors (Lipinski definition) is 4. The Labute approximate surface area is 111 Å². The number of carboxylic acid groups (broad SMARTS) is 1. The number of nitrogens with zero attached hydrogens (tertiary/aromatic N) is 3. The van der Waals surface area contributed by atoms with Gasteiger partial charge in [0.1, 0.15) is 6.33 Å². The molecule has 0 aromatic carbocycles. The van der Waals surface area contributed by atoms with Crippen LogP contribution in [0.15, 0.2) is 6.33 Å². The van der Waals surface area contributed by atoms with Gasteiger partial charge >= 0.3 is 12.0 Å². The fraction of sp³-hybridized carbons (Fsp3) is 0.636. The fourth-order valence-electron chi connectivity index (χ4n) is 1.53. The molecule has 1 atom stereocenters. The number of aryl methyl sites for hydroxylation is 1. The van der Waals surface area contributed by atoms with Gasteiger partial charge in [0.25, 0.3) is 0 Å². The summed E-state index contributed by atoms with van der Waals surface area (Å²) >= 11 is 0. The molecule has 1 unspecified atom stereocenters. The van der Waals surface area contributed by atoms with Crippen LogP contribution in [0.25, 0.3) is 0 Å². The number of aromatic nitrogens is 3. The van der Waals surface area contributed by atoms with Crippen LogP contribution in [0.1, 0.15) is 25.6 Å². The van der Waals surface area contributed by atoms with Gasteiger partial charge in [-0.25, -0.2) is 9.78 Å². The van der Waals surface area contributed by atoms with Gasteiger partial charge in [0.2, 0.25) is 0 Å². The van der Waals surface area contributed by atoms with Gasteiger partial charge in [-0.2, -0.15) is 5.10 Å². The third-order valence-corrected chi connectivity index (χ3v) is 2.65. The number of carboxylic acids is 1. The summed E-state index contributed by atoms with van der Waals surface area (Å²) < 4.78 is 1.55. The lowest BCUT2D eigenvalue weighted by atomic mass is 10.0. The zero-order valence-corrected chi connectivity index (χ0v) is 11.1. The van der Waals surface area contributed by atoms with Gasteiger partial charge in [-0.05, 0) is 5.92 Å². The predicted molar refractivity (Wildman–Crippen MR) is 67.3 cm³/mol. The minimum absolute atomic E-state index is 0.0541. The lowest BCUT2D eigenvalue weighted by molar-refractivity contribution is -0.138. The second-order valence-corrected chi connectivity index (χ2v) is 4.27. The van der Waals surface area contributed by atoms with Crippen molar-refractivity contribution in [2.24, 2.45) is 13.0 Å². The Morgan fingerprint density at radius 3 is 2.74 bits per heavy atom. The van der Waals surface area contributed by atoms with Crippen LogP contribution >= 0.6 is 0 Å². The van der Waals surface area contributed by atoms with Crippen LogP contribution in [0.2, 0.25) is 0 Å². The first-order valence-electron chi connectivity index (χ1n) is 6.09. The number of amides is 2. The van der Waals surface area contributed by atoms with E-state index in [2.05, 4.69) is 20.7 Å². The SMILES string of the molecule is CCC(CNC(=O)NCc1ncn(C)n1)CC(=O)O. The van der Waals surface area contributed by atoms with Crippen molar-refractivity contribution >= 4 is 12.0 Å². The number of hydrogen-bond donors (Lipinski definition) is 3. The van der Waals surface area contributed by atoms with E-state index < -0.39 is 5.97 Å². The number of aliphatic carboxylic acids is 1. The number of nitrogens with one attached hydrogen (secondary N) is 2. The van der Waals surface area contributed by atoms with Gasteiger partial charge in [0.15, 0.2) is 5.82 Å². The van der Waals surface area contributed by atoms with E-state index in [0.29, 0.717) is 18.8 Å². The van der Waals surface area contributed by atoms with Crippen molar-refractivity contribution in [3.63, 3.8) is 0 Å². The minimum atomic E-state index is -0.855. The molecule has 0 bridgehead atoms. The van der Waals surface area contributed by atoms with Gasteiger partial charge in [-0.3, -0.25) is 9.48 Å². The minimum Gasteiger partial charge on any atom is -0.481 e. The molecule has 2 amide bonds. The summed E-state index contributed by atoms with van der Waals surface area (Å²) in [5, 5.41) is 18.0. The first-order valence-corrected chi connectivity index (χ1v) is 6.09. The number of carbonyl (C=O) groups excluding carboxylic acids is 1. The molecule has 0 saturated carbocycles. The summed E-state index contributed by atoms with van der Waals surface area (Å²) in [6.07, 6.45) is 2.31. The molecule has 0 aliphatic carbocycles. The van der Waals surface area contributed by atoms with E-state index in [1.165, 1.54) is 0 Å². The lowest BCUT2D eigenvalue weighted by Crippen LogP contribution is -2.38. The molecular weight excluding hydrogens is 250 g/mol. The van der Waals surface area contributed by atoms with Gasteiger partial charge in [-0.15, -0.1) is 0 Å². The highest BCUT2D eigenvalue weighted by Gasteiger charge is 2.12. The first-order chi connectivity index (χ1) is 9.01. The Kier molecular flexibility index (Phi) is 5.77. The normalized spacial score (nSPS) is 11.9. The first kappa shape index (κ1) is 14.9. The zero-order valence-electron chi connectivity index (χ0n) is 11.1. The summed E-state index contributed by atoms with van der Waals surface area (Å²) in [6, 6.07) is -0.351. The van der Waals surface area contributed by atoms with Crippen LogP contribution in [-0.4, -0.2) is 38.4 Å².